The minimum Gasteiger partial charge on any atom is -0.466 e. The van der Waals surface area contributed by atoms with E-state index in [2.05, 4.69) is 66.0 Å². The number of hydrogen-bond donors (Lipinski definition) is 2. The van der Waals surface area contributed by atoms with Crippen LogP contribution < -0.4 is 10.6 Å². The molecule has 1 aliphatic heterocycles. The average Bonchev–Trinajstić information content (AvgIpc) is 0.841. The minimum atomic E-state index is -1.08. The Morgan fingerprint density at radius 2 is 0.437 bits per heavy atom. The van der Waals surface area contributed by atoms with Gasteiger partial charge < -0.3 is 58.0 Å². The van der Waals surface area contributed by atoms with Gasteiger partial charge in [-0.15, -0.1) is 0 Å². The van der Waals surface area contributed by atoms with E-state index >= 15 is 0 Å². The van der Waals surface area contributed by atoms with Crippen LogP contribution in [0.25, 0.3) is 0 Å². The molecule has 126 heavy (non-hydrogen) atoms. The molecule has 0 bridgehead atoms. The van der Waals surface area contributed by atoms with Crippen molar-refractivity contribution in [2.75, 3.05) is 105 Å². The van der Waals surface area contributed by atoms with Gasteiger partial charge in [0.25, 0.3) is 0 Å². The molecule has 1 fully saturated rings. The third-order valence-corrected chi connectivity index (χ3v) is 24.1. The number of ether oxygens (including phenoxy) is 10. The Morgan fingerprint density at radius 3 is 0.706 bits per heavy atom. The third kappa shape index (κ3) is 71.4. The molecule has 0 radical (unpaired) electrons. The second kappa shape index (κ2) is 84.1. The molecule has 2 N–H and O–H groups in total. The molecule has 1 saturated heterocycles. The van der Waals surface area contributed by atoms with E-state index in [1.807, 2.05) is 0 Å². The zero-order valence-corrected chi connectivity index (χ0v) is 80.7. The fourth-order valence-electron chi connectivity index (χ4n) is 15.9. The van der Waals surface area contributed by atoms with Gasteiger partial charge in [-0.25, -0.2) is 9.59 Å². The van der Waals surface area contributed by atoms with Gasteiger partial charge in [-0.3, -0.25) is 57.7 Å². The van der Waals surface area contributed by atoms with Crippen LogP contribution in [0.15, 0.2) is 0 Å². The number of piperazine rings is 1. The molecule has 26 heteroatoms. The summed E-state index contributed by atoms with van der Waals surface area (Å²) in [4.78, 5) is 159. The molecule has 1 aliphatic rings. The van der Waals surface area contributed by atoms with E-state index in [-0.39, 0.29) is 142 Å². The highest BCUT2D eigenvalue weighted by atomic mass is 16.6. The second-order valence-corrected chi connectivity index (χ2v) is 35.3. The van der Waals surface area contributed by atoms with Crippen molar-refractivity contribution in [3.05, 3.63) is 0 Å². The minimum absolute atomic E-state index is 0.0181. The van der Waals surface area contributed by atoms with Crippen LogP contribution in [0.2, 0.25) is 0 Å². The smallest absolute Gasteiger partial charge is 0.344 e. The Morgan fingerprint density at radius 1 is 0.222 bits per heavy atom. The van der Waals surface area contributed by atoms with Gasteiger partial charge in [-0.1, -0.05) is 312 Å². The quantitative estimate of drug-likeness (QED) is 0.0324. The lowest BCUT2D eigenvalue weighted by molar-refractivity contribution is -0.159. The lowest BCUT2D eigenvalue weighted by atomic mass is 9.92. The van der Waals surface area contributed by atoms with Crippen molar-refractivity contribution in [2.24, 2.45) is 23.7 Å². The van der Waals surface area contributed by atoms with Crippen LogP contribution in [-0.4, -0.2) is 199 Å². The van der Waals surface area contributed by atoms with Crippen LogP contribution in [0, 0.1) is 23.7 Å². The zero-order chi connectivity index (χ0) is 92.4. The van der Waals surface area contributed by atoms with Crippen LogP contribution in [0.5, 0.6) is 0 Å². The molecule has 0 aromatic carbocycles. The molecular weight excluding hydrogens is 1610 g/mol. The summed E-state index contributed by atoms with van der Waals surface area (Å²) in [6.45, 7) is 18.9. The maximum absolute atomic E-state index is 13.3. The van der Waals surface area contributed by atoms with E-state index < -0.39 is 84.9 Å². The molecule has 732 valence electrons. The van der Waals surface area contributed by atoms with E-state index in [4.69, 9.17) is 47.4 Å². The number of amides is 2. The van der Waals surface area contributed by atoms with Crippen LogP contribution in [0.4, 0.5) is 0 Å². The van der Waals surface area contributed by atoms with E-state index in [0.29, 0.717) is 62.6 Å². The highest BCUT2D eigenvalue weighted by Gasteiger charge is 2.34. The van der Waals surface area contributed by atoms with Crippen LogP contribution in [0.1, 0.15) is 428 Å². The number of hydrogen-bond acceptors (Lipinski definition) is 24. The largest absolute Gasteiger partial charge is 0.466 e. The Labute approximate surface area is 762 Å². The van der Waals surface area contributed by atoms with Gasteiger partial charge in [0.05, 0.1) is 65.3 Å². The fraction of sp³-hybridized carbons (Fsp3) is 0.880. The highest BCUT2D eigenvalue weighted by molar-refractivity contribution is 5.97. The molecule has 0 saturated carbocycles. The van der Waals surface area contributed by atoms with Gasteiger partial charge in [0.2, 0.25) is 11.8 Å². The predicted octanol–water partition coefficient (Wildman–Crippen LogP) is 20.3. The zero-order valence-electron chi connectivity index (χ0n) is 80.7. The van der Waals surface area contributed by atoms with Crippen molar-refractivity contribution in [3.63, 3.8) is 0 Å². The van der Waals surface area contributed by atoms with Gasteiger partial charge >= 0.3 is 59.7 Å². The fourth-order valence-corrected chi connectivity index (χ4v) is 15.9. The van der Waals surface area contributed by atoms with Gasteiger partial charge in [-0.2, -0.15) is 0 Å². The van der Waals surface area contributed by atoms with Gasteiger partial charge in [0.15, 0.2) is 13.2 Å². The summed E-state index contributed by atoms with van der Waals surface area (Å²) < 4.78 is 55.0. The maximum atomic E-state index is 13.3. The Kier molecular flexibility index (Phi) is 78.5. The number of nitrogens with zero attached hydrogens (tertiary/aromatic N) is 2. The number of carbonyl (C=O) groups is 12. The lowest BCUT2D eigenvalue weighted by Crippen LogP contribution is -2.61. The Balaban J connectivity index is 2.82. The van der Waals surface area contributed by atoms with Gasteiger partial charge in [0.1, 0.15) is 25.3 Å². The first-order chi connectivity index (χ1) is 61.2. The van der Waals surface area contributed by atoms with Gasteiger partial charge in [-0.05, 0) is 87.9 Å². The van der Waals surface area contributed by atoms with Crippen molar-refractivity contribution in [3.8, 4) is 0 Å². The topological polar surface area (TPSA) is 328 Å². The summed E-state index contributed by atoms with van der Waals surface area (Å²) in [5, 5.41) is 5.30. The molecule has 1 heterocycles. The van der Waals surface area contributed by atoms with E-state index in [9.17, 15) is 57.5 Å². The van der Waals surface area contributed by atoms with Crippen molar-refractivity contribution in [2.45, 2.75) is 440 Å². The first-order valence-corrected chi connectivity index (χ1v) is 50.8. The monoisotopic (exact) mass is 1790 g/mol. The Hall–Kier alpha value is -6.44. The summed E-state index contributed by atoms with van der Waals surface area (Å²) in [5.74, 6) is -3.97. The normalized spacial score (nSPS) is 13.3. The summed E-state index contributed by atoms with van der Waals surface area (Å²) in [6, 6.07) is -2.15. The summed E-state index contributed by atoms with van der Waals surface area (Å²) >= 11 is 0. The second-order valence-electron chi connectivity index (χ2n) is 35.3. The lowest BCUT2D eigenvalue weighted by Gasteiger charge is -2.29. The Bertz CT molecular complexity index is 2570. The van der Waals surface area contributed by atoms with Crippen LogP contribution >= 0.6 is 0 Å². The maximum Gasteiger partial charge on any atom is 0.344 e. The number of rotatable bonds is 90. The third-order valence-electron chi connectivity index (χ3n) is 24.1. The molecule has 26 nitrogen and oxygen atoms in total. The van der Waals surface area contributed by atoms with E-state index in [0.717, 1.165) is 193 Å². The van der Waals surface area contributed by atoms with Crippen molar-refractivity contribution in [1.29, 1.82) is 0 Å². The molecule has 2 amide bonds. The number of nitrogens with one attached hydrogen (secondary N) is 2. The van der Waals surface area contributed by atoms with Crippen molar-refractivity contribution in [1.82, 2.24) is 20.4 Å². The van der Waals surface area contributed by atoms with Crippen molar-refractivity contribution < 1.29 is 105 Å². The number of esters is 10. The van der Waals surface area contributed by atoms with E-state index in [1.54, 1.807) is 9.80 Å². The van der Waals surface area contributed by atoms with Crippen LogP contribution in [-0.2, 0) is 105 Å². The molecule has 0 aromatic heterocycles. The van der Waals surface area contributed by atoms with Crippen molar-refractivity contribution >= 4 is 71.5 Å². The van der Waals surface area contributed by atoms with E-state index in [1.165, 1.54) is 103 Å². The highest BCUT2D eigenvalue weighted by Crippen LogP contribution is 2.26. The number of unbranched alkanes of at least 4 members (excludes halogenated alkanes) is 26. The summed E-state index contributed by atoms with van der Waals surface area (Å²) in [7, 11) is 0. The number of carbonyl (C=O) groups excluding carboxylic acids is 12. The molecule has 2 unspecified atom stereocenters. The predicted molar refractivity (Wildman–Crippen MR) is 493 cm³/mol. The SMILES string of the molecule is CCCCCC(CCCCC)CCOC(=O)CCCCCCCCOC(=O)CCN(CCOC(=O)CCC1NC(=O)C(CCC(=O)OCCN(CCC(=O)OCCCCCCCCC(=O)OCCC(CCCCC)CCCCC)CCC(=O)OCC(=O)OCCC(CCCCC)CCCCC)NC1=O)CCC(=O)OCC(=O)OCCC(CCCCC)CCCCC. The first-order valence-electron chi connectivity index (χ1n) is 50.8. The van der Waals surface area contributed by atoms with Crippen LogP contribution in [0.3, 0.4) is 0 Å². The summed E-state index contributed by atoms with van der Waals surface area (Å²) in [6.07, 6.45) is 51.0. The molecule has 2 atom stereocenters. The molecule has 0 aliphatic carbocycles. The standard InChI is InChI=1S/C100H180N4O22/c1-9-17-33-45-83(46-34-18-10-2)63-75-119-89(105)53-41-29-25-27-31-43-73-117-93(109)59-67-103(69-61-95(111)125-81-97(113)121-77-65-85(49-37-21-13-5)50-38-22-14-6)71-79-123-91(107)57-55-87-99(115)102-88(100(116)101-87)56-58-92(108)124-80-72-104(70-62-96(112)126-82-98(114)122-78-66-86(51-39-23-15-7)52-40-24-16-8)68-60-94(110)118-74-44-32-28-26-30-42-54-90(106)120-76-64-84(47-35-19-11-3)48-36-20-12-4/h83-88H,9-82H2,1-8H3,(H,101,116)(H,102,115). The average molecular weight is 1790 g/mol. The molecule has 0 aromatic rings. The first kappa shape index (κ1) is 118. The molecule has 0 spiro atoms. The summed E-state index contributed by atoms with van der Waals surface area (Å²) in [5.41, 5.74) is 0. The molecule has 1 rings (SSSR count). The van der Waals surface area contributed by atoms with Gasteiger partial charge in [0, 0.05) is 65.0 Å². The molecular formula is C100H180N4O22.